The second-order valence-corrected chi connectivity index (χ2v) is 7.15. The van der Waals surface area contributed by atoms with Crippen molar-refractivity contribution in [2.75, 3.05) is 14.2 Å². The van der Waals surface area contributed by atoms with E-state index in [1.165, 1.54) is 27.1 Å². The van der Waals surface area contributed by atoms with Gasteiger partial charge in [0.2, 0.25) is 0 Å². The molecule has 0 amide bonds. The minimum atomic E-state index is -1.59. The third-order valence-corrected chi connectivity index (χ3v) is 5.57. The monoisotopic (exact) mass is 282 g/mol. The molecule has 0 saturated heterocycles. The number of rotatable bonds is 4. The van der Waals surface area contributed by atoms with Crippen LogP contribution in [0.2, 0.25) is 0 Å². The molecule has 3 aromatic carbocycles. The molecule has 0 aromatic heterocycles. The van der Waals surface area contributed by atoms with Crippen molar-refractivity contribution >= 4 is 30.8 Å². The van der Waals surface area contributed by atoms with Gasteiger partial charge in [-0.2, -0.15) is 0 Å². The van der Waals surface area contributed by atoms with Crippen LogP contribution >= 0.6 is 0 Å². The highest BCUT2D eigenvalue weighted by Crippen LogP contribution is 2.26. The molecule has 0 aliphatic carbocycles. The molecule has 2 nitrogen and oxygen atoms in total. The molecule has 0 aliphatic heterocycles. The first-order valence-corrected chi connectivity index (χ1v) is 8.54. The molecule has 0 bridgehead atoms. The Hall–Kier alpha value is -1.68. The van der Waals surface area contributed by atoms with Crippen molar-refractivity contribution in [1.82, 2.24) is 0 Å². The van der Waals surface area contributed by atoms with Crippen molar-refractivity contribution in [2.24, 2.45) is 0 Å². The Labute approximate surface area is 120 Å². The van der Waals surface area contributed by atoms with E-state index >= 15 is 0 Å². The van der Waals surface area contributed by atoms with Crippen molar-refractivity contribution in [3.8, 4) is 0 Å². The van der Waals surface area contributed by atoms with E-state index in [-0.39, 0.29) is 0 Å². The Balaban J connectivity index is 2.15. The highest BCUT2D eigenvalue weighted by Gasteiger charge is 2.13. The summed E-state index contributed by atoms with van der Waals surface area (Å²) in [6.45, 7) is 0. The molecule has 0 unspecified atom stereocenters. The predicted octanol–water partition coefficient (Wildman–Crippen LogP) is 3.59. The molecule has 0 spiro atoms. The number of fused-ring (bicyclic) bond motifs is 2. The van der Waals surface area contributed by atoms with Gasteiger partial charge in [-0.3, -0.25) is 0 Å². The van der Waals surface area contributed by atoms with Gasteiger partial charge in [-0.25, -0.2) is 0 Å². The van der Waals surface area contributed by atoms with E-state index in [4.69, 9.17) is 8.85 Å². The zero-order chi connectivity index (χ0) is 13.9. The Morgan fingerprint density at radius 1 is 0.800 bits per heavy atom. The zero-order valence-electron chi connectivity index (χ0n) is 11.8. The van der Waals surface area contributed by atoms with Crippen molar-refractivity contribution in [1.29, 1.82) is 0 Å². The Morgan fingerprint density at radius 3 is 2.15 bits per heavy atom. The van der Waals surface area contributed by atoms with Crippen LogP contribution in [0, 0.1) is 0 Å². The van der Waals surface area contributed by atoms with Crippen LogP contribution in [-0.4, -0.2) is 23.5 Å². The van der Waals surface area contributed by atoms with Crippen LogP contribution in [0.15, 0.2) is 54.6 Å². The average Bonchev–Trinajstić information content (AvgIpc) is 2.50. The van der Waals surface area contributed by atoms with Gasteiger partial charge in [0.05, 0.1) is 0 Å². The molecular weight excluding hydrogens is 264 g/mol. The fourth-order valence-electron chi connectivity index (χ4n) is 2.65. The lowest BCUT2D eigenvalue weighted by atomic mass is 10.0. The van der Waals surface area contributed by atoms with Crippen LogP contribution in [0.25, 0.3) is 21.5 Å². The highest BCUT2D eigenvalue weighted by atomic mass is 28.3. The van der Waals surface area contributed by atoms with Crippen LogP contribution in [0.4, 0.5) is 0 Å². The molecule has 3 aromatic rings. The van der Waals surface area contributed by atoms with Gasteiger partial charge in [0, 0.05) is 20.3 Å². The number of hydrogen-bond donors (Lipinski definition) is 0. The first kappa shape index (κ1) is 13.3. The van der Waals surface area contributed by atoms with Gasteiger partial charge >= 0.3 is 9.28 Å². The molecule has 3 rings (SSSR count). The average molecular weight is 282 g/mol. The smallest absolute Gasteiger partial charge is 0.325 e. The summed E-state index contributed by atoms with van der Waals surface area (Å²) in [4.78, 5) is 0. The molecule has 0 heterocycles. The summed E-state index contributed by atoms with van der Waals surface area (Å²) in [5, 5.41) is 5.14. The highest BCUT2D eigenvalue weighted by molar-refractivity contribution is 6.44. The van der Waals surface area contributed by atoms with E-state index in [0.717, 1.165) is 6.04 Å². The molecule has 0 radical (unpaired) electrons. The summed E-state index contributed by atoms with van der Waals surface area (Å²) in [5.41, 5.74) is 1.31. The van der Waals surface area contributed by atoms with Crippen LogP contribution < -0.4 is 0 Å². The molecule has 20 heavy (non-hydrogen) atoms. The van der Waals surface area contributed by atoms with E-state index in [9.17, 15) is 0 Å². The summed E-state index contributed by atoms with van der Waals surface area (Å²) in [5.74, 6) is 0. The van der Waals surface area contributed by atoms with Gasteiger partial charge in [0.1, 0.15) is 0 Å². The van der Waals surface area contributed by atoms with Gasteiger partial charge in [-0.15, -0.1) is 0 Å². The molecule has 3 heteroatoms. The summed E-state index contributed by atoms with van der Waals surface area (Å²) >= 11 is 0. The number of hydrogen-bond acceptors (Lipinski definition) is 2. The zero-order valence-corrected chi connectivity index (χ0v) is 13.0. The SMILES string of the molecule is CO[SiH](Cc1cccc2cc3ccccc3cc12)OC. The van der Waals surface area contributed by atoms with Gasteiger partial charge in [-0.1, -0.05) is 42.5 Å². The Bertz CT molecular complexity index is 735. The third-order valence-electron chi connectivity index (χ3n) is 3.75. The fraction of sp³-hybridized carbons (Fsp3) is 0.176. The van der Waals surface area contributed by atoms with E-state index in [1.807, 2.05) is 0 Å². The van der Waals surface area contributed by atoms with Crippen molar-refractivity contribution in [3.05, 3.63) is 60.2 Å². The van der Waals surface area contributed by atoms with Crippen LogP contribution in [0.3, 0.4) is 0 Å². The maximum atomic E-state index is 5.46. The minimum Gasteiger partial charge on any atom is -0.400 e. The largest absolute Gasteiger partial charge is 0.400 e. The molecule has 0 fully saturated rings. The summed E-state index contributed by atoms with van der Waals surface area (Å²) in [6, 6.07) is 20.4. The minimum absolute atomic E-state index is 0.892. The van der Waals surface area contributed by atoms with Crippen LogP contribution in [0.5, 0.6) is 0 Å². The maximum Gasteiger partial charge on any atom is 0.325 e. The van der Waals surface area contributed by atoms with Crippen LogP contribution in [0.1, 0.15) is 5.56 Å². The summed E-state index contributed by atoms with van der Waals surface area (Å²) < 4.78 is 10.9. The van der Waals surface area contributed by atoms with E-state index in [1.54, 1.807) is 14.2 Å². The topological polar surface area (TPSA) is 18.5 Å². The van der Waals surface area contributed by atoms with E-state index in [0.29, 0.717) is 0 Å². The van der Waals surface area contributed by atoms with Gasteiger partial charge < -0.3 is 8.85 Å². The van der Waals surface area contributed by atoms with Gasteiger partial charge in [0.15, 0.2) is 0 Å². The normalized spacial score (nSPS) is 11.6. The molecule has 0 atom stereocenters. The second kappa shape index (κ2) is 5.75. The van der Waals surface area contributed by atoms with Crippen LogP contribution in [-0.2, 0) is 14.9 Å². The van der Waals surface area contributed by atoms with Crippen molar-refractivity contribution in [2.45, 2.75) is 6.04 Å². The molecule has 0 N–H and O–H groups in total. The predicted molar refractivity (Wildman–Crippen MR) is 86.3 cm³/mol. The molecule has 0 saturated carbocycles. The van der Waals surface area contributed by atoms with Gasteiger partial charge in [-0.05, 0) is 39.2 Å². The summed E-state index contributed by atoms with van der Waals surface area (Å²) in [6.07, 6.45) is 0. The second-order valence-electron chi connectivity index (χ2n) is 4.94. The molecule has 0 aliphatic rings. The van der Waals surface area contributed by atoms with Crippen molar-refractivity contribution in [3.63, 3.8) is 0 Å². The third kappa shape index (κ3) is 2.48. The Morgan fingerprint density at radius 2 is 1.45 bits per heavy atom. The lowest BCUT2D eigenvalue weighted by Crippen LogP contribution is -2.22. The van der Waals surface area contributed by atoms with Crippen molar-refractivity contribution < 1.29 is 8.85 Å². The lowest BCUT2D eigenvalue weighted by molar-refractivity contribution is 0.277. The molecular formula is C17H18O2Si. The maximum absolute atomic E-state index is 5.46. The van der Waals surface area contributed by atoms with E-state index < -0.39 is 9.28 Å². The Kier molecular flexibility index (Phi) is 3.83. The lowest BCUT2D eigenvalue weighted by Gasteiger charge is -2.13. The van der Waals surface area contributed by atoms with Gasteiger partial charge in [0.25, 0.3) is 0 Å². The quantitative estimate of drug-likeness (QED) is 0.538. The molecule has 102 valence electrons. The standard InChI is InChI=1S/C17H18O2Si/c1-18-20(19-2)12-16-9-5-8-15-10-13-6-3-4-7-14(13)11-17(15)16/h3-11,20H,12H2,1-2H3. The number of benzene rings is 3. The fourth-order valence-corrected chi connectivity index (χ4v) is 3.89. The first-order chi connectivity index (χ1) is 9.81. The summed E-state index contributed by atoms with van der Waals surface area (Å²) in [7, 11) is 1.89. The first-order valence-electron chi connectivity index (χ1n) is 6.78. The van der Waals surface area contributed by atoms with E-state index in [2.05, 4.69) is 54.6 Å².